The molecule has 0 aliphatic carbocycles. The fourth-order valence-electron chi connectivity index (χ4n) is 3.64. The van der Waals surface area contributed by atoms with Crippen molar-refractivity contribution < 1.29 is 9.53 Å². The Kier molecular flexibility index (Phi) is 7.78. The highest BCUT2D eigenvalue weighted by Gasteiger charge is 2.19. The van der Waals surface area contributed by atoms with Crippen LogP contribution in [0.3, 0.4) is 0 Å². The maximum Gasteiger partial charge on any atom is 0.337 e. The smallest absolute Gasteiger partial charge is 0.337 e. The lowest BCUT2D eigenvalue weighted by Crippen LogP contribution is -2.28. The minimum Gasteiger partial charge on any atom is -0.465 e. The third-order valence-corrected chi connectivity index (χ3v) is 5.02. The molecule has 0 saturated heterocycles. The molecule has 0 fully saturated rings. The van der Waals surface area contributed by atoms with Gasteiger partial charge in [-0.3, -0.25) is 4.79 Å². The van der Waals surface area contributed by atoms with Gasteiger partial charge in [-0.2, -0.15) is 0 Å². The number of hydrogen-bond acceptors (Lipinski definition) is 5. The van der Waals surface area contributed by atoms with E-state index in [1.807, 2.05) is 24.3 Å². The average Bonchev–Trinajstić information content (AvgIpc) is 2.74. The third kappa shape index (κ3) is 4.41. The summed E-state index contributed by atoms with van der Waals surface area (Å²) in [5.41, 5.74) is 15.7. The van der Waals surface area contributed by atoms with Gasteiger partial charge < -0.3 is 20.8 Å². The Morgan fingerprint density at radius 1 is 1.03 bits per heavy atom. The Morgan fingerprint density at radius 3 is 2.23 bits per heavy atom. The zero-order chi connectivity index (χ0) is 21.1. The Morgan fingerprint density at radius 2 is 1.70 bits per heavy atom. The van der Waals surface area contributed by atoms with Gasteiger partial charge in [0.1, 0.15) is 0 Å². The van der Waals surface area contributed by atoms with Crippen molar-refractivity contribution in [2.45, 2.75) is 33.5 Å². The minimum atomic E-state index is -0.447. The summed E-state index contributed by atoms with van der Waals surface area (Å²) in [5.74, 6) is -0.172. The summed E-state index contributed by atoms with van der Waals surface area (Å²) in [7, 11) is 1.34. The van der Waals surface area contributed by atoms with Crippen LogP contribution in [0.4, 0.5) is 0 Å². The molecular weight excluding hydrogens is 402 g/mol. The maximum atomic E-state index is 13.3. The molecule has 3 aromatic rings. The molecule has 2 aromatic carbocycles. The number of hydrogen-bond donors (Lipinski definition) is 2. The highest BCUT2D eigenvalue weighted by atomic mass is 35.5. The summed E-state index contributed by atoms with van der Waals surface area (Å²) < 4.78 is 6.62. The quantitative estimate of drug-likeness (QED) is 0.584. The Hall–Kier alpha value is -2.67. The number of fused-ring (bicyclic) bond motifs is 1. The number of aromatic nitrogens is 1. The lowest BCUT2D eigenvalue weighted by molar-refractivity contribution is 0.0601. The summed E-state index contributed by atoms with van der Waals surface area (Å²) in [6.07, 6.45) is 0. The van der Waals surface area contributed by atoms with E-state index >= 15 is 0 Å². The lowest BCUT2D eigenvalue weighted by atomic mass is 9.94. The van der Waals surface area contributed by atoms with Crippen molar-refractivity contribution in [3.05, 3.63) is 69.6 Å². The number of carbonyl (C=O) groups is 1. The fraction of sp³-hybridized carbons (Fsp3) is 0.304. The first kappa shape index (κ1) is 23.6. The monoisotopic (exact) mass is 429 g/mol. The van der Waals surface area contributed by atoms with E-state index in [0.717, 1.165) is 22.4 Å². The van der Waals surface area contributed by atoms with E-state index in [-0.39, 0.29) is 30.4 Å². The van der Waals surface area contributed by atoms with Gasteiger partial charge in [0.2, 0.25) is 0 Å². The molecule has 1 aromatic heterocycles. The summed E-state index contributed by atoms with van der Waals surface area (Å²) in [6, 6.07) is 12.9. The van der Waals surface area contributed by atoms with E-state index < -0.39 is 5.97 Å². The van der Waals surface area contributed by atoms with Crippen LogP contribution in [0.5, 0.6) is 0 Å². The van der Waals surface area contributed by atoms with Crippen molar-refractivity contribution >= 4 is 29.1 Å². The summed E-state index contributed by atoms with van der Waals surface area (Å²) >= 11 is 0. The standard InChI is InChI=1S/C23H27N3O3.ClH/c1-14(2)13-26-20(12-25)21(16-6-4-15(11-24)5-7-16)19-10-17(23(28)29-3)8-9-18(19)22(26)27;/h4-10,14H,11-13,24-25H2,1-3H3;1H. The van der Waals surface area contributed by atoms with E-state index in [4.69, 9.17) is 16.2 Å². The molecule has 0 unspecified atom stereocenters. The van der Waals surface area contributed by atoms with Crippen LogP contribution in [0.25, 0.3) is 21.9 Å². The molecule has 0 atom stereocenters. The van der Waals surface area contributed by atoms with E-state index in [9.17, 15) is 9.59 Å². The van der Waals surface area contributed by atoms with Crippen LogP contribution < -0.4 is 17.0 Å². The van der Waals surface area contributed by atoms with Gasteiger partial charge in [-0.15, -0.1) is 12.4 Å². The zero-order valence-electron chi connectivity index (χ0n) is 17.5. The van der Waals surface area contributed by atoms with Crippen LogP contribution in [0, 0.1) is 5.92 Å². The van der Waals surface area contributed by atoms with Crippen molar-refractivity contribution in [3.63, 3.8) is 0 Å². The molecule has 30 heavy (non-hydrogen) atoms. The van der Waals surface area contributed by atoms with Crippen LogP contribution in [0.1, 0.15) is 35.5 Å². The molecule has 0 bridgehead atoms. The van der Waals surface area contributed by atoms with E-state index in [1.165, 1.54) is 7.11 Å². The average molecular weight is 430 g/mol. The number of rotatable bonds is 6. The molecule has 3 rings (SSSR count). The Labute approximate surface area is 182 Å². The molecule has 0 amide bonds. The highest BCUT2D eigenvalue weighted by Crippen LogP contribution is 2.32. The molecule has 6 nitrogen and oxygen atoms in total. The topological polar surface area (TPSA) is 100 Å². The number of pyridine rings is 1. The first-order valence-corrected chi connectivity index (χ1v) is 9.68. The SMILES string of the molecule is COC(=O)c1ccc2c(=O)n(CC(C)C)c(CN)c(-c3ccc(CN)cc3)c2c1.Cl. The molecule has 0 aliphatic heterocycles. The largest absolute Gasteiger partial charge is 0.465 e. The summed E-state index contributed by atoms with van der Waals surface area (Å²) in [6.45, 7) is 5.34. The number of carbonyl (C=O) groups excluding carboxylic acids is 1. The third-order valence-electron chi connectivity index (χ3n) is 5.02. The molecule has 0 radical (unpaired) electrons. The van der Waals surface area contributed by atoms with Crippen LogP contribution >= 0.6 is 12.4 Å². The van der Waals surface area contributed by atoms with Crippen molar-refractivity contribution in [2.75, 3.05) is 7.11 Å². The highest BCUT2D eigenvalue weighted by molar-refractivity contribution is 6.02. The number of ether oxygens (including phenoxy) is 1. The molecular formula is C23H28ClN3O3. The second-order valence-electron chi connectivity index (χ2n) is 7.49. The summed E-state index contributed by atoms with van der Waals surface area (Å²) in [4.78, 5) is 25.3. The van der Waals surface area contributed by atoms with Crippen LogP contribution in [-0.4, -0.2) is 17.6 Å². The van der Waals surface area contributed by atoms with Gasteiger partial charge in [-0.1, -0.05) is 38.1 Å². The van der Waals surface area contributed by atoms with Gasteiger partial charge in [-0.25, -0.2) is 4.79 Å². The number of halogens is 1. The second kappa shape index (κ2) is 9.89. The van der Waals surface area contributed by atoms with Gasteiger partial charge in [0.25, 0.3) is 5.56 Å². The second-order valence-corrected chi connectivity index (χ2v) is 7.49. The molecule has 7 heteroatoms. The number of esters is 1. The van der Waals surface area contributed by atoms with Crippen molar-refractivity contribution in [1.29, 1.82) is 0 Å². The molecule has 0 aliphatic rings. The van der Waals surface area contributed by atoms with Crippen LogP contribution in [0.2, 0.25) is 0 Å². The summed E-state index contributed by atoms with van der Waals surface area (Å²) in [5, 5.41) is 1.24. The van der Waals surface area contributed by atoms with Crippen LogP contribution in [0.15, 0.2) is 47.3 Å². The zero-order valence-corrected chi connectivity index (χ0v) is 18.3. The van der Waals surface area contributed by atoms with Crippen molar-refractivity contribution in [2.24, 2.45) is 17.4 Å². The normalized spacial score (nSPS) is 10.9. The lowest BCUT2D eigenvalue weighted by Gasteiger charge is -2.21. The minimum absolute atomic E-state index is 0. The van der Waals surface area contributed by atoms with Crippen LogP contribution in [-0.2, 0) is 24.4 Å². The number of nitrogens with zero attached hydrogens (tertiary/aromatic N) is 1. The van der Waals surface area contributed by atoms with Gasteiger partial charge >= 0.3 is 5.97 Å². The Balaban J connectivity index is 0.00000320. The molecule has 0 spiro atoms. The molecule has 0 saturated carbocycles. The van der Waals surface area contributed by atoms with Gasteiger partial charge in [-0.05, 0) is 40.6 Å². The number of benzene rings is 2. The van der Waals surface area contributed by atoms with Gasteiger partial charge in [0, 0.05) is 36.3 Å². The molecule has 4 N–H and O–H groups in total. The molecule has 160 valence electrons. The van der Waals surface area contributed by atoms with E-state index in [2.05, 4.69) is 13.8 Å². The predicted molar refractivity (Wildman–Crippen MR) is 123 cm³/mol. The van der Waals surface area contributed by atoms with Gasteiger partial charge in [0.15, 0.2) is 0 Å². The number of methoxy groups -OCH3 is 1. The van der Waals surface area contributed by atoms with Crippen molar-refractivity contribution in [3.8, 4) is 11.1 Å². The predicted octanol–water partition coefficient (Wildman–Crippen LogP) is 3.45. The molecule has 1 heterocycles. The first-order chi connectivity index (χ1) is 13.9. The fourth-order valence-corrected chi connectivity index (χ4v) is 3.64. The number of nitrogens with two attached hydrogens (primary N) is 2. The maximum absolute atomic E-state index is 13.3. The Bertz CT molecular complexity index is 1110. The van der Waals surface area contributed by atoms with E-state index in [0.29, 0.717) is 29.4 Å². The van der Waals surface area contributed by atoms with Crippen molar-refractivity contribution in [1.82, 2.24) is 4.57 Å². The first-order valence-electron chi connectivity index (χ1n) is 9.68. The van der Waals surface area contributed by atoms with E-state index in [1.54, 1.807) is 22.8 Å². The van der Waals surface area contributed by atoms with Gasteiger partial charge in [0.05, 0.1) is 12.7 Å².